The fourth-order valence-electron chi connectivity index (χ4n) is 5.99. The van der Waals surface area contributed by atoms with Gasteiger partial charge in [0.2, 0.25) is 5.89 Å². The van der Waals surface area contributed by atoms with Gasteiger partial charge in [-0.25, -0.2) is 0 Å². The van der Waals surface area contributed by atoms with Crippen LogP contribution in [0.5, 0.6) is 0 Å². The Labute approximate surface area is 132 Å². The third-order valence-electron chi connectivity index (χ3n) is 6.07. The lowest BCUT2D eigenvalue weighted by atomic mass is 9.48. The first-order valence-corrected chi connectivity index (χ1v) is 8.88. The summed E-state index contributed by atoms with van der Waals surface area (Å²) in [5, 5.41) is 14.6. The van der Waals surface area contributed by atoms with Crippen molar-refractivity contribution < 1.29 is 4.42 Å². The summed E-state index contributed by atoms with van der Waals surface area (Å²) in [5.74, 6) is 3.70. The van der Waals surface area contributed by atoms with E-state index >= 15 is 0 Å². The normalized spacial score (nSPS) is 37.5. The summed E-state index contributed by atoms with van der Waals surface area (Å²) in [7, 11) is 1.88. The molecule has 122 valence electrons. The van der Waals surface area contributed by atoms with Crippen LogP contribution in [0.2, 0.25) is 0 Å². The van der Waals surface area contributed by atoms with Gasteiger partial charge >= 0.3 is 6.01 Å². The van der Waals surface area contributed by atoms with E-state index in [9.17, 15) is 0 Å². The highest BCUT2D eigenvalue weighted by Gasteiger charge is 2.50. The van der Waals surface area contributed by atoms with Crippen LogP contribution in [0.15, 0.2) is 4.42 Å². The topological polar surface area (TPSA) is 63.0 Å². The van der Waals surface area contributed by atoms with Gasteiger partial charge in [-0.05, 0) is 82.1 Å². The zero-order chi connectivity index (χ0) is 15.2. The van der Waals surface area contributed by atoms with Crippen molar-refractivity contribution in [1.82, 2.24) is 15.5 Å². The minimum absolute atomic E-state index is 0.402. The Morgan fingerprint density at radius 3 is 2.36 bits per heavy atom. The van der Waals surface area contributed by atoms with E-state index in [-0.39, 0.29) is 0 Å². The van der Waals surface area contributed by atoms with Crippen molar-refractivity contribution in [2.75, 3.05) is 12.4 Å². The van der Waals surface area contributed by atoms with E-state index < -0.39 is 0 Å². The summed E-state index contributed by atoms with van der Waals surface area (Å²) >= 11 is 0. The van der Waals surface area contributed by atoms with Gasteiger partial charge in [0.1, 0.15) is 0 Å². The number of nitrogens with zero attached hydrogens (tertiary/aromatic N) is 2. The number of rotatable bonds is 6. The summed E-state index contributed by atoms with van der Waals surface area (Å²) < 4.78 is 5.62. The van der Waals surface area contributed by atoms with Gasteiger partial charge in [0.05, 0.1) is 6.54 Å². The van der Waals surface area contributed by atoms with E-state index in [1.165, 1.54) is 44.9 Å². The number of anilines is 1. The molecule has 0 spiro atoms. The minimum Gasteiger partial charge on any atom is -0.407 e. The summed E-state index contributed by atoms with van der Waals surface area (Å²) in [6.45, 7) is 2.89. The molecular weight excluding hydrogens is 276 g/mol. The van der Waals surface area contributed by atoms with Gasteiger partial charge in [0.15, 0.2) is 0 Å². The third kappa shape index (κ3) is 2.75. The molecule has 0 radical (unpaired) electrons. The first kappa shape index (κ1) is 14.5. The van der Waals surface area contributed by atoms with Crippen LogP contribution in [0.25, 0.3) is 0 Å². The summed E-state index contributed by atoms with van der Waals surface area (Å²) in [5.41, 5.74) is 0.592. The summed E-state index contributed by atoms with van der Waals surface area (Å²) in [6.07, 6.45) is 10.2. The second-order valence-electron chi connectivity index (χ2n) is 8.20. The van der Waals surface area contributed by atoms with Gasteiger partial charge in [-0.15, -0.1) is 5.10 Å². The number of hydrogen-bond donors (Lipinski definition) is 2. The molecule has 1 atom stereocenters. The van der Waals surface area contributed by atoms with Crippen molar-refractivity contribution in [3.8, 4) is 0 Å². The van der Waals surface area contributed by atoms with E-state index in [0.29, 0.717) is 29.9 Å². The summed E-state index contributed by atoms with van der Waals surface area (Å²) in [6, 6.07) is 0.974. The van der Waals surface area contributed by atoms with Crippen LogP contribution in [0, 0.1) is 23.2 Å². The van der Waals surface area contributed by atoms with Crippen molar-refractivity contribution in [1.29, 1.82) is 0 Å². The molecule has 4 aliphatic rings. The highest BCUT2D eigenvalue weighted by atomic mass is 16.4. The predicted molar refractivity (Wildman–Crippen MR) is 85.4 cm³/mol. The van der Waals surface area contributed by atoms with Crippen LogP contribution < -0.4 is 10.6 Å². The Morgan fingerprint density at radius 2 is 1.77 bits per heavy atom. The Morgan fingerprint density at radius 1 is 1.14 bits per heavy atom. The van der Waals surface area contributed by atoms with Crippen molar-refractivity contribution in [3.05, 3.63) is 5.89 Å². The molecular formula is C17H28N4O. The summed E-state index contributed by atoms with van der Waals surface area (Å²) in [4.78, 5) is 0. The molecule has 0 aromatic carbocycles. The lowest BCUT2D eigenvalue weighted by Gasteiger charge is -2.57. The molecule has 22 heavy (non-hydrogen) atoms. The van der Waals surface area contributed by atoms with Crippen LogP contribution in [0.1, 0.15) is 57.8 Å². The molecule has 4 saturated carbocycles. The van der Waals surface area contributed by atoms with Gasteiger partial charge in [0.25, 0.3) is 0 Å². The molecule has 0 aliphatic heterocycles. The van der Waals surface area contributed by atoms with Crippen LogP contribution >= 0.6 is 0 Å². The molecule has 5 nitrogen and oxygen atoms in total. The maximum atomic E-state index is 5.62. The van der Waals surface area contributed by atoms with E-state index in [2.05, 4.69) is 27.8 Å². The monoisotopic (exact) mass is 304 g/mol. The second kappa shape index (κ2) is 5.52. The van der Waals surface area contributed by atoms with E-state index in [1.54, 1.807) is 0 Å². The standard InChI is InChI=1S/C17H28N4O/c1-11(19-16-21-20-15(22-16)10-18-2)6-17-7-12-3-13(8-17)5-14(4-12)9-17/h11-14,18H,3-10H2,1-2H3,(H,19,21). The van der Waals surface area contributed by atoms with E-state index in [0.717, 1.165) is 17.8 Å². The lowest BCUT2D eigenvalue weighted by molar-refractivity contribution is -0.0588. The van der Waals surface area contributed by atoms with Gasteiger partial charge in [-0.2, -0.15) is 0 Å². The maximum Gasteiger partial charge on any atom is 0.315 e. The van der Waals surface area contributed by atoms with Gasteiger partial charge in [0, 0.05) is 6.04 Å². The smallest absolute Gasteiger partial charge is 0.315 e. The lowest BCUT2D eigenvalue weighted by Crippen LogP contribution is -2.47. The molecule has 4 fully saturated rings. The van der Waals surface area contributed by atoms with E-state index in [4.69, 9.17) is 4.42 Å². The largest absolute Gasteiger partial charge is 0.407 e. The second-order valence-corrected chi connectivity index (χ2v) is 8.20. The minimum atomic E-state index is 0.402. The maximum absolute atomic E-state index is 5.62. The van der Waals surface area contributed by atoms with Crippen LogP contribution in [0.4, 0.5) is 6.01 Å². The molecule has 5 rings (SSSR count). The van der Waals surface area contributed by atoms with Crippen LogP contribution in [-0.2, 0) is 6.54 Å². The molecule has 1 heterocycles. The zero-order valence-electron chi connectivity index (χ0n) is 13.8. The first-order valence-electron chi connectivity index (χ1n) is 8.88. The van der Waals surface area contributed by atoms with Crippen molar-refractivity contribution >= 4 is 6.01 Å². The predicted octanol–water partition coefficient (Wildman–Crippen LogP) is 3.20. The van der Waals surface area contributed by atoms with Crippen molar-refractivity contribution in [2.45, 2.75) is 64.5 Å². The SMILES string of the molecule is CNCc1nnc(NC(C)CC23CC4CC(CC(C4)C2)C3)o1. The number of nitrogens with one attached hydrogen (secondary N) is 2. The highest BCUT2D eigenvalue weighted by Crippen LogP contribution is 2.61. The number of aromatic nitrogens is 2. The van der Waals surface area contributed by atoms with Crippen LogP contribution in [-0.4, -0.2) is 23.3 Å². The Balaban J connectivity index is 1.38. The molecule has 1 aromatic heterocycles. The molecule has 1 aromatic rings. The van der Waals surface area contributed by atoms with Crippen molar-refractivity contribution in [3.63, 3.8) is 0 Å². The molecule has 0 saturated heterocycles. The van der Waals surface area contributed by atoms with Gasteiger partial charge < -0.3 is 15.1 Å². The molecule has 2 N–H and O–H groups in total. The molecule has 4 aliphatic carbocycles. The fraction of sp³-hybridized carbons (Fsp3) is 0.882. The quantitative estimate of drug-likeness (QED) is 0.845. The zero-order valence-corrected chi connectivity index (χ0v) is 13.8. The first-order chi connectivity index (χ1) is 10.6. The average Bonchev–Trinajstić information content (AvgIpc) is 2.83. The molecule has 1 unspecified atom stereocenters. The highest BCUT2D eigenvalue weighted by molar-refractivity contribution is 5.19. The molecule has 0 amide bonds. The third-order valence-corrected chi connectivity index (χ3v) is 6.07. The van der Waals surface area contributed by atoms with Gasteiger partial charge in [-0.1, -0.05) is 5.10 Å². The van der Waals surface area contributed by atoms with Crippen molar-refractivity contribution in [2.24, 2.45) is 23.2 Å². The number of hydrogen-bond acceptors (Lipinski definition) is 5. The van der Waals surface area contributed by atoms with Crippen LogP contribution in [0.3, 0.4) is 0 Å². The average molecular weight is 304 g/mol. The molecule has 4 bridgehead atoms. The Bertz CT molecular complexity index is 491. The van der Waals surface area contributed by atoms with E-state index in [1.807, 2.05) is 7.05 Å². The Kier molecular flexibility index (Phi) is 3.63. The Hall–Kier alpha value is -1.10. The fourth-order valence-corrected chi connectivity index (χ4v) is 5.99. The van der Waals surface area contributed by atoms with Gasteiger partial charge in [-0.3, -0.25) is 0 Å². The molecule has 5 heteroatoms.